The van der Waals surface area contributed by atoms with Crippen LogP contribution in [0.2, 0.25) is 5.02 Å². The Morgan fingerprint density at radius 2 is 2.08 bits per heavy atom. The number of nitrogens with zero attached hydrogens (tertiary/aromatic N) is 2. The topological polar surface area (TPSA) is 86.8 Å². The van der Waals surface area contributed by atoms with Crippen LogP contribution in [0.5, 0.6) is 0 Å². The van der Waals surface area contributed by atoms with Crippen molar-refractivity contribution in [2.45, 2.75) is 25.3 Å². The highest BCUT2D eigenvalue weighted by Crippen LogP contribution is 2.26. The van der Waals surface area contributed by atoms with Crippen LogP contribution in [-0.2, 0) is 19.6 Å². The van der Waals surface area contributed by atoms with Crippen molar-refractivity contribution < 1.29 is 18.0 Å². The molecule has 1 saturated heterocycles. The lowest BCUT2D eigenvalue weighted by Gasteiger charge is -2.35. The van der Waals surface area contributed by atoms with Crippen molar-refractivity contribution in [2.24, 2.45) is 0 Å². The van der Waals surface area contributed by atoms with Crippen molar-refractivity contribution >= 4 is 55.1 Å². The van der Waals surface area contributed by atoms with Gasteiger partial charge < -0.3 is 10.2 Å². The first-order valence-corrected chi connectivity index (χ1v) is 11.1. The maximum Gasteiger partial charge on any atom is 0.247 e. The number of anilines is 1. The number of likely N-dealkylation sites (N-methyl/N-ethyl adjacent to an activating group) is 1. The van der Waals surface area contributed by atoms with Crippen molar-refractivity contribution in [3.8, 4) is 0 Å². The number of likely N-dealkylation sites (tertiary alicyclic amines) is 1. The molecule has 1 aromatic rings. The summed E-state index contributed by atoms with van der Waals surface area (Å²) in [7, 11) is -2.12. The summed E-state index contributed by atoms with van der Waals surface area (Å²) in [6, 6.07) is 4.42. The Bertz CT molecular complexity index is 803. The number of halogens is 2. The average molecular weight is 467 g/mol. The van der Waals surface area contributed by atoms with E-state index in [1.807, 2.05) is 0 Å². The summed E-state index contributed by atoms with van der Waals surface area (Å²) in [4.78, 5) is 26.7. The number of piperidine rings is 1. The van der Waals surface area contributed by atoms with E-state index in [9.17, 15) is 18.0 Å². The molecule has 10 heteroatoms. The van der Waals surface area contributed by atoms with Gasteiger partial charge in [0.2, 0.25) is 21.8 Å². The molecule has 0 saturated carbocycles. The van der Waals surface area contributed by atoms with Crippen molar-refractivity contribution in [3.05, 3.63) is 27.7 Å². The van der Waals surface area contributed by atoms with Gasteiger partial charge in [-0.15, -0.1) is 0 Å². The minimum atomic E-state index is -3.47. The normalized spacial score (nSPS) is 18.0. The van der Waals surface area contributed by atoms with Gasteiger partial charge in [0.1, 0.15) is 6.04 Å². The van der Waals surface area contributed by atoms with Gasteiger partial charge in [0.05, 0.1) is 17.8 Å². The standard InChI is InChI=1S/C16H21BrClN3O4S/c1-20(26(2,24)25)10-15(22)21-8-4-3-5-14(21)16(23)19-11-6-7-12(17)13(18)9-11/h6-7,9,14H,3-5,8,10H2,1-2H3,(H,19,23). The molecule has 1 fully saturated rings. The molecular weight excluding hydrogens is 446 g/mol. The van der Waals surface area contributed by atoms with E-state index in [0.29, 0.717) is 23.7 Å². The van der Waals surface area contributed by atoms with Crippen LogP contribution in [0.1, 0.15) is 19.3 Å². The number of nitrogens with one attached hydrogen (secondary N) is 1. The summed E-state index contributed by atoms with van der Waals surface area (Å²) in [5.74, 6) is -0.690. The summed E-state index contributed by atoms with van der Waals surface area (Å²) in [5, 5.41) is 3.24. The molecule has 1 aromatic carbocycles. The summed E-state index contributed by atoms with van der Waals surface area (Å²) in [5.41, 5.74) is 0.537. The Morgan fingerprint density at radius 1 is 1.38 bits per heavy atom. The molecular formula is C16H21BrClN3O4S. The fourth-order valence-corrected chi connectivity index (χ4v) is 3.47. The third kappa shape index (κ3) is 5.42. The second kappa shape index (κ2) is 8.69. The highest BCUT2D eigenvalue weighted by Gasteiger charge is 2.33. The van der Waals surface area contributed by atoms with Gasteiger partial charge >= 0.3 is 0 Å². The predicted octanol–water partition coefficient (Wildman–Crippen LogP) is 2.31. The number of hydrogen-bond acceptors (Lipinski definition) is 4. The fraction of sp³-hybridized carbons (Fsp3) is 0.500. The number of carbonyl (C=O) groups excluding carboxylic acids is 2. The Kier molecular flexibility index (Phi) is 7.06. The van der Waals surface area contributed by atoms with E-state index in [0.717, 1.165) is 27.9 Å². The van der Waals surface area contributed by atoms with Crippen molar-refractivity contribution in [1.29, 1.82) is 0 Å². The SMILES string of the molecule is CN(CC(=O)N1CCCCC1C(=O)Nc1ccc(Br)c(Cl)c1)S(C)(=O)=O. The minimum Gasteiger partial charge on any atom is -0.330 e. The molecule has 26 heavy (non-hydrogen) atoms. The number of sulfonamides is 1. The fourth-order valence-electron chi connectivity index (χ4n) is 2.70. The molecule has 7 nitrogen and oxygen atoms in total. The van der Waals surface area contributed by atoms with Gasteiger partial charge in [-0.1, -0.05) is 11.6 Å². The molecule has 0 spiro atoms. The van der Waals surface area contributed by atoms with Gasteiger partial charge in [-0.3, -0.25) is 9.59 Å². The van der Waals surface area contributed by atoms with E-state index >= 15 is 0 Å². The van der Waals surface area contributed by atoms with Gasteiger partial charge in [-0.2, -0.15) is 4.31 Å². The number of rotatable bonds is 5. The molecule has 2 amide bonds. The highest BCUT2D eigenvalue weighted by molar-refractivity contribution is 9.10. The third-order valence-corrected chi connectivity index (χ3v) is 6.73. The van der Waals surface area contributed by atoms with E-state index in [1.54, 1.807) is 18.2 Å². The largest absolute Gasteiger partial charge is 0.330 e. The average Bonchev–Trinajstić information content (AvgIpc) is 2.57. The molecule has 1 N–H and O–H groups in total. The van der Waals surface area contributed by atoms with Gasteiger partial charge in [0.25, 0.3) is 0 Å². The summed E-state index contributed by atoms with van der Waals surface area (Å²) in [6.45, 7) is 0.141. The van der Waals surface area contributed by atoms with Crippen LogP contribution in [0, 0.1) is 0 Å². The summed E-state index contributed by atoms with van der Waals surface area (Å²) in [6.07, 6.45) is 3.18. The Hall–Kier alpha value is -1.16. The second-order valence-corrected chi connectivity index (χ2v) is 9.59. The molecule has 0 radical (unpaired) electrons. The molecule has 0 aliphatic carbocycles. The maximum atomic E-state index is 12.7. The van der Waals surface area contributed by atoms with E-state index < -0.39 is 16.1 Å². The second-order valence-electron chi connectivity index (χ2n) is 6.24. The number of amides is 2. The van der Waals surface area contributed by atoms with Crippen LogP contribution in [0.3, 0.4) is 0 Å². The predicted molar refractivity (Wildman–Crippen MR) is 105 cm³/mol. The molecule has 144 valence electrons. The van der Waals surface area contributed by atoms with Crippen LogP contribution in [0.25, 0.3) is 0 Å². The smallest absolute Gasteiger partial charge is 0.247 e. The summed E-state index contributed by atoms with van der Waals surface area (Å²) >= 11 is 9.33. The van der Waals surface area contributed by atoms with Crippen molar-refractivity contribution in [3.63, 3.8) is 0 Å². The van der Waals surface area contributed by atoms with Crippen LogP contribution in [0.15, 0.2) is 22.7 Å². The van der Waals surface area contributed by atoms with Crippen LogP contribution in [0.4, 0.5) is 5.69 Å². The molecule has 0 aromatic heterocycles. The van der Waals surface area contributed by atoms with E-state index in [4.69, 9.17) is 11.6 Å². The lowest BCUT2D eigenvalue weighted by molar-refractivity contribution is -0.140. The monoisotopic (exact) mass is 465 g/mol. The zero-order valence-corrected chi connectivity index (χ0v) is 17.7. The van der Waals surface area contributed by atoms with Gasteiger partial charge in [-0.05, 0) is 53.4 Å². The molecule has 2 rings (SSSR count). The Labute approximate surface area is 166 Å². The van der Waals surface area contributed by atoms with E-state index in [2.05, 4.69) is 21.2 Å². The maximum absolute atomic E-state index is 12.7. The molecule has 1 heterocycles. The molecule has 1 atom stereocenters. The first kappa shape index (κ1) is 21.1. The van der Waals surface area contributed by atoms with E-state index in [-0.39, 0.29) is 18.4 Å². The van der Waals surface area contributed by atoms with Gasteiger partial charge in [0.15, 0.2) is 0 Å². The molecule has 1 aliphatic rings. The molecule has 1 aliphatic heterocycles. The highest BCUT2D eigenvalue weighted by atomic mass is 79.9. The van der Waals surface area contributed by atoms with Crippen LogP contribution >= 0.6 is 27.5 Å². The lowest BCUT2D eigenvalue weighted by Crippen LogP contribution is -2.52. The molecule has 1 unspecified atom stereocenters. The number of carbonyl (C=O) groups is 2. The summed E-state index contributed by atoms with van der Waals surface area (Å²) < 4.78 is 24.7. The minimum absolute atomic E-state index is 0.285. The van der Waals surface area contributed by atoms with Crippen molar-refractivity contribution in [1.82, 2.24) is 9.21 Å². The molecule has 0 bridgehead atoms. The van der Waals surface area contributed by atoms with Crippen LogP contribution < -0.4 is 5.32 Å². The number of benzene rings is 1. The van der Waals surface area contributed by atoms with Gasteiger partial charge in [-0.25, -0.2) is 8.42 Å². The Balaban J connectivity index is 2.10. The van der Waals surface area contributed by atoms with Gasteiger partial charge in [0, 0.05) is 23.8 Å². The number of hydrogen-bond donors (Lipinski definition) is 1. The Morgan fingerprint density at radius 3 is 2.69 bits per heavy atom. The van der Waals surface area contributed by atoms with E-state index in [1.165, 1.54) is 11.9 Å². The van der Waals surface area contributed by atoms with Crippen molar-refractivity contribution in [2.75, 3.05) is 31.7 Å². The van der Waals surface area contributed by atoms with Crippen LogP contribution in [-0.4, -0.2) is 61.9 Å². The first-order valence-electron chi connectivity index (χ1n) is 8.06. The quantitative estimate of drug-likeness (QED) is 0.721. The lowest BCUT2D eigenvalue weighted by atomic mass is 10.0. The zero-order chi connectivity index (χ0) is 19.5. The zero-order valence-electron chi connectivity index (χ0n) is 14.5. The third-order valence-electron chi connectivity index (χ3n) is 4.24. The first-order chi connectivity index (χ1) is 12.1.